The first kappa shape index (κ1) is 10.2. The van der Waals surface area contributed by atoms with Gasteiger partial charge < -0.3 is 4.42 Å². The van der Waals surface area contributed by atoms with Crippen LogP contribution in [0.25, 0.3) is 0 Å². The first-order valence-electron chi connectivity index (χ1n) is 4.61. The zero-order valence-corrected chi connectivity index (χ0v) is 9.86. The lowest BCUT2D eigenvalue weighted by Crippen LogP contribution is -1.74. The van der Waals surface area contributed by atoms with Gasteiger partial charge in [-0.2, -0.15) is 0 Å². The largest absolute Gasteiger partial charge is 0.460 e. The first-order chi connectivity index (χ1) is 7.25. The van der Waals surface area contributed by atoms with Crippen LogP contribution in [-0.4, -0.2) is 6.21 Å². The monoisotopic (exact) mass is 263 g/mol. The fraction of sp³-hybridized carbons (Fsp3) is 0.0833. The molecular formula is C12H10BrNO. The van der Waals surface area contributed by atoms with Crippen LogP contribution in [-0.2, 0) is 0 Å². The Hall–Kier alpha value is -1.35. The number of aryl methyl sites for hydroxylation is 1. The Bertz CT molecular complexity index is 488. The van der Waals surface area contributed by atoms with Crippen molar-refractivity contribution >= 4 is 27.8 Å². The van der Waals surface area contributed by atoms with E-state index >= 15 is 0 Å². The van der Waals surface area contributed by atoms with Crippen molar-refractivity contribution in [2.45, 2.75) is 6.92 Å². The van der Waals surface area contributed by atoms with Gasteiger partial charge in [0.15, 0.2) is 0 Å². The molecule has 0 aliphatic carbocycles. The van der Waals surface area contributed by atoms with Crippen LogP contribution in [0.2, 0.25) is 0 Å². The Kier molecular flexibility index (Phi) is 3.02. The summed E-state index contributed by atoms with van der Waals surface area (Å²) in [5.41, 5.74) is 0.895. The summed E-state index contributed by atoms with van der Waals surface area (Å²) in [4.78, 5) is 4.32. The fourth-order valence-electron chi connectivity index (χ4n) is 1.21. The van der Waals surface area contributed by atoms with Gasteiger partial charge in [-0.05, 0) is 47.1 Å². The van der Waals surface area contributed by atoms with Crippen LogP contribution in [0.4, 0.5) is 5.69 Å². The summed E-state index contributed by atoms with van der Waals surface area (Å²) in [6, 6.07) is 11.6. The molecule has 1 aromatic carbocycles. The molecule has 2 rings (SSSR count). The molecule has 0 N–H and O–H groups in total. The average molecular weight is 264 g/mol. The molecule has 1 aromatic heterocycles. The van der Waals surface area contributed by atoms with E-state index in [1.165, 1.54) is 0 Å². The highest BCUT2D eigenvalue weighted by atomic mass is 79.9. The molecule has 0 fully saturated rings. The highest BCUT2D eigenvalue weighted by molar-refractivity contribution is 9.10. The van der Waals surface area contributed by atoms with Crippen LogP contribution in [0.5, 0.6) is 0 Å². The lowest BCUT2D eigenvalue weighted by Gasteiger charge is -1.95. The maximum Gasteiger partial charge on any atom is 0.145 e. The molecular weight excluding hydrogens is 254 g/mol. The molecule has 1 heterocycles. The first-order valence-corrected chi connectivity index (χ1v) is 5.40. The maximum atomic E-state index is 5.38. The van der Waals surface area contributed by atoms with E-state index in [-0.39, 0.29) is 0 Å². The summed E-state index contributed by atoms with van der Waals surface area (Å²) in [7, 11) is 0. The van der Waals surface area contributed by atoms with Gasteiger partial charge in [0.1, 0.15) is 11.5 Å². The minimum atomic E-state index is 0.767. The second-order valence-electron chi connectivity index (χ2n) is 3.16. The number of hydrogen-bond donors (Lipinski definition) is 0. The molecule has 0 atom stereocenters. The van der Waals surface area contributed by atoms with E-state index in [9.17, 15) is 0 Å². The van der Waals surface area contributed by atoms with E-state index in [4.69, 9.17) is 4.42 Å². The molecule has 15 heavy (non-hydrogen) atoms. The minimum Gasteiger partial charge on any atom is -0.460 e. The zero-order chi connectivity index (χ0) is 10.7. The van der Waals surface area contributed by atoms with Gasteiger partial charge >= 0.3 is 0 Å². The lowest BCUT2D eigenvalue weighted by atomic mass is 10.3. The third-order valence-electron chi connectivity index (χ3n) is 1.94. The molecule has 3 heteroatoms. The molecule has 0 saturated carbocycles. The third-order valence-corrected chi connectivity index (χ3v) is 2.62. The van der Waals surface area contributed by atoms with Crippen molar-refractivity contribution < 1.29 is 4.42 Å². The number of aliphatic imine (C=N–C) groups is 1. The Labute approximate surface area is 96.8 Å². The van der Waals surface area contributed by atoms with E-state index < -0.39 is 0 Å². The van der Waals surface area contributed by atoms with Crippen molar-refractivity contribution in [1.82, 2.24) is 0 Å². The second kappa shape index (κ2) is 4.45. The predicted octanol–water partition coefficient (Wildman–Crippen LogP) is 4.10. The average Bonchev–Trinajstić information content (AvgIpc) is 2.63. The topological polar surface area (TPSA) is 25.5 Å². The van der Waals surface area contributed by atoms with Gasteiger partial charge in [-0.3, -0.25) is 4.99 Å². The van der Waals surface area contributed by atoms with Crippen LogP contribution in [0, 0.1) is 6.92 Å². The fourth-order valence-corrected chi connectivity index (χ4v) is 1.60. The van der Waals surface area contributed by atoms with Crippen molar-refractivity contribution in [2.24, 2.45) is 4.99 Å². The van der Waals surface area contributed by atoms with Gasteiger partial charge in [-0.15, -0.1) is 0 Å². The summed E-state index contributed by atoms with van der Waals surface area (Å²) in [6.45, 7) is 1.91. The summed E-state index contributed by atoms with van der Waals surface area (Å²) < 4.78 is 6.36. The molecule has 0 radical (unpaired) electrons. The summed E-state index contributed by atoms with van der Waals surface area (Å²) in [5, 5.41) is 0. The maximum absolute atomic E-state index is 5.38. The van der Waals surface area contributed by atoms with Crippen LogP contribution >= 0.6 is 15.9 Å². The minimum absolute atomic E-state index is 0.767. The number of hydrogen-bond acceptors (Lipinski definition) is 2. The Morgan fingerprint density at radius 2 is 2.00 bits per heavy atom. The van der Waals surface area contributed by atoms with Crippen molar-refractivity contribution in [3.05, 3.63) is 52.4 Å². The third kappa shape index (κ3) is 2.57. The Balaban J connectivity index is 2.22. The molecule has 0 aliphatic heterocycles. The molecule has 0 spiro atoms. The molecule has 0 unspecified atom stereocenters. The van der Waals surface area contributed by atoms with Gasteiger partial charge in [-0.25, -0.2) is 0 Å². The Morgan fingerprint density at radius 3 is 2.67 bits per heavy atom. The summed E-state index contributed by atoms with van der Waals surface area (Å²) in [6.07, 6.45) is 1.72. The van der Waals surface area contributed by atoms with Gasteiger partial charge in [-0.1, -0.05) is 12.1 Å². The van der Waals surface area contributed by atoms with E-state index in [1.807, 2.05) is 43.3 Å². The van der Waals surface area contributed by atoms with Gasteiger partial charge in [0.05, 0.1) is 11.9 Å². The SMILES string of the molecule is Cc1ccc(C=Nc2ccccc2Br)o1. The molecule has 0 bridgehead atoms. The highest BCUT2D eigenvalue weighted by Gasteiger charge is 1.96. The van der Waals surface area contributed by atoms with Crippen molar-refractivity contribution in [3.63, 3.8) is 0 Å². The van der Waals surface area contributed by atoms with Crippen molar-refractivity contribution in [1.29, 1.82) is 0 Å². The molecule has 0 saturated heterocycles. The van der Waals surface area contributed by atoms with Crippen molar-refractivity contribution in [2.75, 3.05) is 0 Å². The number of benzene rings is 1. The Morgan fingerprint density at radius 1 is 1.20 bits per heavy atom. The highest BCUT2D eigenvalue weighted by Crippen LogP contribution is 2.24. The van der Waals surface area contributed by atoms with Gasteiger partial charge in [0, 0.05) is 4.47 Å². The normalized spacial score (nSPS) is 11.1. The van der Waals surface area contributed by atoms with Crippen LogP contribution in [0.1, 0.15) is 11.5 Å². The standard InChI is InChI=1S/C12H10BrNO/c1-9-6-7-10(15-9)8-14-12-5-3-2-4-11(12)13/h2-8H,1H3. The van der Waals surface area contributed by atoms with Crippen LogP contribution < -0.4 is 0 Å². The molecule has 2 aromatic rings. The molecule has 0 amide bonds. The van der Waals surface area contributed by atoms with Crippen LogP contribution in [0.15, 0.2) is 50.3 Å². The zero-order valence-electron chi connectivity index (χ0n) is 8.27. The van der Waals surface area contributed by atoms with Gasteiger partial charge in [0.25, 0.3) is 0 Å². The summed E-state index contributed by atoms with van der Waals surface area (Å²) >= 11 is 3.43. The quantitative estimate of drug-likeness (QED) is 0.749. The number of nitrogens with zero attached hydrogens (tertiary/aromatic N) is 1. The number of furan rings is 1. The second-order valence-corrected chi connectivity index (χ2v) is 4.01. The van der Waals surface area contributed by atoms with Crippen molar-refractivity contribution in [3.8, 4) is 0 Å². The molecule has 76 valence electrons. The van der Waals surface area contributed by atoms with E-state index in [2.05, 4.69) is 20.9 Å². The lowest BCUT2D eigenvalue weighted by molar-refractivity contribution is 0.528. The van der Waals surface area contributed by atoms with E-state index in [0.29, 0.717) is 0 Å². The van der Waals surface area contributed by atoms with Crippen LogP contribution in [0.3, 0.4) is 0 Å². The molecule has 2 nitrogen and oxygen atoms in total. The molecule has 0 aliphatic rings. The predicted molar refractivity (Wildman–Crippen MR) is 64.8 cm³/mol. The van der Waals surface area contributed by atoms with E-state index in [1.54, 1.807) is 6.21 Å². The smallest absolute Gasteiger partial charge is 0.145 e. The number of halogens is 1. The summed E-state index contributed by atoms with van der Waals surface area (Å²) in [5.74, 6) is 1.66. The number of rotatable bonds is 2. The number of para-hydroxylation sites is 1. The van der Waals surface area contributed by atoms with E-state index in [0.717, 1.165) is 21.7 Å². The van der Waals surface area contributed by atoms with Gasteiger partial charge in [0.2, 0.25) is 0 Å².